The highest BCUT2D eigenvalue weighted by atomic mass is 35.5. The lowest BCUT2D eigenvalue weighted by atomic mass is 10.1. The van der Waals surface area contributed by atoms with Gasteiger partial charge in [0.25, 0.3) is 0 Å². The van der Waals surface area contributed by atoms with Gasteiger partial charge in [-0.25, -0.2) is 9.78 Å². The van der Waals surface area contributed by atoms with Crippen LogP contribution in [0.15, 0.2) is 48.7 Å². The molecule has 0 aliphatic heterocycles. The van der Waals surface area contributed by atoms with Crippen molar-refractivity contribution in [1.82, 2.24) is 9.97 Å². The monoisotopic (exact) mass is 327 g/mol. The van der Waals surface area contributed by atoms with E-state index in [4.69, 9.17) is 16.3 Å². The minimum Gasteiger partial charge on any atom is -0.462 e. The largest absolute Gasteiger partial charge is 0.462 e. The third-order valence-electron chi connectivity index (χ3n) is 3.27. The Kier molecular flexibility index (Phi) is 4.39. The van der Waals surface area contributed by atoms with E-state index in [1.165, 1.54) is 6.20 Å². The number of anilines is 2. The van der Waals surface area contributed by atoms with Gasteiger partial charge in [0.05, 0.1) is 6.61 Å². The number of rotatable bonds is 4. The van der Waals surface area contributed by atoms with Crippen LogP contribution in [0.2, 0.25) is 5.28 Å². The molecule has 5 nitrogen and oxygen atoms in total. The maximum Gasteiger partial charge on any atom is 0.343 e. The number of esters is 1. The van der Waals surface area contributed by atoms with Gasteiger partial charge >= 0.3 is 5.97 Å². The normalized spacial score (nSPS) is 10.5. The quantitative estimate of drug-likeness (QED) is 0.574. The molecule has 1 heterocycles. The summed E-state index contributed by atoms with van der Waals surface area (Å²) < 4.78 is 5.01. The molecule has 1 N–H and O–H groups in total. The second-order valence-electron chi connectivity index (χ2n) is 4.81. The summed E-state index contributed by atoms with van der Waals surface area (Å²) in [7, 11) is 0. The molecule has 0 saturated heterocycles. The lowest BCUT2D eigenvalue weighted by Crippen LogP contribution is -2.10. The summed E-state index contributed by atoms with van der Waals surface area (Å²) in [5.41, 5.74) is 1.04. The molecule has 3 aromatic rings. The van der Waals surface area contributed by atoms with Crippen LogP contribution in [-0.4, -0.2) is 22.5 Å². The molecule has 0 radical (unpaired) electrons. The lowest BCUT2D eigenvalue weighted by molar-refractivity contribution is 0.0526. The second-order valence-corrected chi connectivity index (χ2v) is 5.15. The first-order valence-corrected chi connectivity index (χ1v) is 7.50. The van der Waals surface area contributed by atoms with Crippen LogP contribution in [0.5, 0.6) is 0 Å². The zero-order valence-corrected chi connectivity index (χ0v) is 13.2. The van der Waals surface area contributed by atoms with Crippen molar-refractivity contribution in [1.29, 1.82) is 0 Å². The molecule has 1 aromatic heterocycles. The van der Waals surface area contributed by atoms with E-state index >= 15 is 0 Å². The van der Waals surface area contributed by atoms with Crippen LogP contribution >= 0.6 is 11.6 Å². The second kappa shape index (κ2) is 6.62. The zero-order valence-electron chi connectivity index (χ0n) is 12.4. The molecule has 0 atom stereocenters. The number of hydrogen-bond donors (Lipinski definition) is 1. The average molecular weight is 328 g/mol. The molecular formula is C17H14ClN3O2. The van der Waals surface area contributed by atoms with Crippen molar-refractivity contribution in [3.63, 3.8) is 0 Å². The number of nitrogens with zero attached hydrogens (tertiary/aromatic N) is 2. The van der Waals surface area contributed by atoms with E-state index in [1.807, 2.05) is 42.5 Å². The van der Waals surface area contributed by atoms with Crippen molar-refractivity contribution in [2.24, 2.45) is 0 Å². The SMILES string of the molecule is CCOC(=O)c1cnc(Cl)nc1Nc1ccc2ccccc2c1. The highest BCUT2D eigenvalue weighted by Crippen LogP contribution is 2.24. The van der Waals surface area contributed by atoms with Gasteiger partial charge in [0.15, 0.2) is 0 Å². The molecule has 116 valence electrons. The maximum absolute atomic E-state index is 12.0. The number of carbonyl (C=O) groups excluding carboxylic acids is 1. The van der Waals surface area contributed by atoms with Gasteiger partial charge in [-0.2, -0.15) is 4.98 Å². The summed E-state index contributed by atoms with van der Waals surface area (Å²) in [4.78, 5) is 19.9. The molecule has 0 spiro atoms. The first-order valence-electron chi connectivity index (χ1n) is 7.13. The Morgan fingerprint density at radius 2 is 2.00 bits per heavy atom. The van der Waals surface area contributed by atoms with Crippen molar-refractivity contribution in [3.8, 4) is 0 Å². The number of fused-ring (bicyclic) bond motifs is 1. The van der Waals surface area contributed by atoms with E-state index in [9.17, 15) is 4.79 Å². The number of carbonyl (C=O) groups is 1. The van der Waals surface area contributed by atoms with Crippen LogP contribution in [0, 0.1) is 0 Å². The Morgan fingerprint density at radius 1 is 1.22 bits per heavy atom. The van der Waals surface area contributed by atoms with Gasteiger partial charge in [0, 0.05) is 11.9 Å². The molecule has 0 fully saturated rings. The number of benzene rings is 2. The van der Waals surface area contributed by atoms with Crippen LogP contribution in [0.3, 0.4) is 0 Å². The summed E-state index contributed by atoms with van der Waals surface area (Å²) in [5.74, 6) is -0.175. The van der Waals surface area contributed by atoms with E-state index in [1.54, 1.807) is 6.92 Å². The van der Waals surface area contributed by atoms with Crippen LogP contribution in [0.1, 0.15) is 17.3 Å². The molecule has 3 rings (SSSR count). The summed E-state index contributed by atoms with van der Waals surface area (Å²) >= 11 is 5.85. The third kappa shape index (κ3) is 3.40. The first-order chi connectivity index (χ1) is 11.2. The molecule has 0 amide bonds. The van der Waals surface area contributed by atoms with Gasteiger partial charge in [-0.1, -0.05) is 30.3 Å². The summed E-state index contributed by atoms with van der Waals surface area (Å²) in [6, 6.07) is 13.9. The molecule has 0 aliphatic carbocycles. The fourth-order valence-electron chi connectivity index (χ4n) is 2.22. The van der Waals surface area contributed by atoms with Crippen molar-refractivity contribution in [2.75, 3.05) is 11.9 Å². The predicted octanol–water partition coefficient (Wildman–Crippen LogP) is 4.20. The summed E-state index contributed by atoms with van der Waals surface area (Å²) in [6.45, 7) is 2.02. The average Bonchev–Trinajstić information content (AvgIpc) is 2.55. The number of halogens is 1. The zero-order chi connectivity index (χ0) is 16.2. The van der Waals surface area contributed by atoms with E-state index in [0.29, 0.717) is 5.82 Å². The van der Waals surface area contributed by atoms with Gasteiger partial charge in [0.2, 0.25) is 5.28 Å². The van der Waals surface area contributed by atoms with Crippen LogP contribution in [-0.2, 0) is 4.74 Å². The number of aromatic nitrogens is 2. The van der Waals surface area contributed by atoms with Crippen LogP contribution in [0.25, 0.3) is 10.8 Å². The number of nitrogens with one attached hydrogen (secondary N) is 1. The van der Waals surface area contributed by atoms with Crippen LogP contribution < -0.4 is 5.32 Å². The maximum atomic E-state index is 12.0. The Labute approximate surface area is 138 Å². The highest BCUT2D eigenvalue weighted by Gasteiger charge is 2.15. The van der Waals surface area contributed by atoms with Crippen molar-refractivity contribution in [3.05, 3.63) is 59.5 Å². The van der Waals surface area contributed by atoms with Crippen molar-refractivity contribution >= 4 is 39.8 Å². The van der Waals surface area contributed by atoms with Gasteiger partial charge in [-0.15, -0.1) is 0 Å². The Hall–Kier alpha value is -2.66. The van der Waals surface area contributed by atoms with Gasteiger partial charge in [-0.3, -0.25) is 0 Å². The smallest absolute Gasteiger partial charge is 0.343 e. The summed E-state index contributed by atoms with van der Waals surface area (Å²) in [6.07, 6.45) is 1.36. The van der Waals surface area contributed by atoms with Crippen LogP contribution in [0.4, 0.5) is 11.5 Å². The van der Waals surface area contributed by atoms with Gasteiger partial charge in [0.1, 0.15) is 11.4 Å². The van der Waals surface area contributed by atoms with Crippen molar-refractivity contribution < 1.29 is 9.53 Å². The van der Waals surface area contributed by atoms with Gasteiger partial charge in [-0.05, 0) is 41.4 Å². The topological polar surface area (TPSA) is 64.1 Å². The Morgan fingerprint density at radius 3 is 2.78 bits per heavy atom. The molecule has 23 heavy (non-hydrogen) atoms. The molecule has 0 saturated carbocycles. The Bertz CT molecular complexity index is 867. The molecular weight excluding hydrogens is 314 g/mol. The molecule has 0 unspecified atom stereocenters. The predicted molar refractivity (Wildman–Crippen MR) is 90.2 cm³/mol. The molecule has 6 heteroatoms. The van der Waals surface area contributed by atoms with E-state index in [2.05, 4.69) is 15.3 Å². The minimum atomic E-state index is -0.493. The minimum absolute atomic E-state index is 0.0568. The third-order valence-corrected chi connectivity index (χ3v) is 3.45. The van der Waals surface area contributed by atoms with Gasteiger partial charge < -0.3 is 10.1 Å². The fourth-order valence-corrected chi connectivity index (χ4v) is 2.35. The summed E-state index contributed by atoms with van der Waals surface area (Å²) in [5, 5.41) is 5.37. The van der Waals surface area contributed by atoms with Crippen molar-refractivity contribution in [2.45, 2.75) is 6.92 Å². The van der Waals surface area contributed by atoms with E-state index in [-0.39, 0.29) is 17.5 Å². The molecule has 2 aromatic carbocycles. The number of hydrogen-bond acceptors (Lipinski definition) is 5. The molecule has 0 aliphatic rings. The standard InChI is InChI=1S/C17H14ClN3O2/c1-2-23-16(22)14-10-19-17(18)21-15(14)20-13-8-7-11-5-3-4-6-12(11)9-13/h3-10H,2H2,1H3,(H,19,20,21). The lowest BCUT2D eigenvalue weighted by Gasteiger charge is -2.11. The first kappa shape index (κ1) is 15.2. The highest BCUT2D eigenvalue weighted by molar-refractivity contribution is 6.28. The van der Waals surface area contributed by atoms with E-state index in [0.717, 1.165) is 16.5 Å². The number of ether oxygens (including phenoxy) is 1. The Balaban J connectivity index is 1.97. The van der Waals surface area contributed by atoms with E-state index < -0.39 is 5.97 Å². The molecule has 0 bridgehead atoms. The fraction of sp³-hybridized carbons (Fsp3) is 0.118.